The molecule has 2 aromatic rings. The minimum Gasteiger partial charge on any atom is -0.488 e. The van der Waals surface area contributed by atoms with Crippen molar-refractivity contribution in [1.82, 2.24) is 9.47 Å². The van der Waals surface area contributed by atoms with E-state index in [2.05, 4.69) is 0 Å². The molecule has 0 saturated carbocycles. The Morgan fingerprint density at radius 1 is 1.19 bits per heavy atom. The third kappa shape index (κ3) is 3.74. The first kappa shape index (κ1) is 18.0. The number of amides is 1. The number of rotatable bonds is 4. The summed E-state index contributed by atoms with van der Waals surface area (Å²) in [5.41, 5.74) is 2.50. The molecule has 1 aromatic heterocycles. The second-order valence-electron chi connectivity index (χ2n) is 6.95. The lowest BCUT2D eigenvalue weighted by atomic mass is 10.2. The standard InChI is InChI=1S/C20H25N3O3/c1-14-11-18(12-19(24)22(14)4)26-17-9-10-23(13-17)20(25)15-5-7-16(8-6-15)21(2)3/h5-8,11-12,17H,9-10,13H2,1-4H3. The Balaban J connectivity index is 1.64. The van der Waals surface area contributed by atoms with E-state index in [1.165, 1.54) is 6.07 Å². The van der Waals surface area contributed by atoms with Crippen molar-refractivity contribution in [1.29, 1.82) is 0 Å². The van der Waals surface area contributed by atoms with Gasteiger partial charge in [-0.2, -0.15) is 0 Å². The van der Waals surface area contributed by atoms with Gasteiger partial charge in [-0.1, -0.05) is 0 Å². The van der Waals surface area contributed by atoms with E-state index < -0.39 is 0 Å². The highest BCUT2D eigenvalue weighted by Gasteiger charge is 2.28. The number of nitrogens with zero attached hydrogens (tertiary/aromatic N) is 3. The van der Waals surface area contributed by atoms with Gasteiger partial charge in [0.1, 0.15) is 11.9 Å². The van der Waals surface area contributed by atoms with Gasteiger partial charge in [-0.25, -0.2) is 0 Å². The van der Waals surface area contributed by atoms with Crippen LogP contribution in [0.25, 0.3) is 0 Å². The van der Waals surface area contributed by atoms with Crippen molar-refractivity contribution in [2.45, 2.75) is 19.4 Å². The van der Waals surface area contributed by atoms with Crippen molar-refractivity contribution in [3.8, 4) is 5.75 Å². The van der Waals surface area contributed by atoms with Gasteiger partial charge in [0.25, 0.3) is 11.5 Å². The number of carbonyl (C=O) groups is 1. The summed E-state index contributed by atoms with van der Waals surface area (Å²) >= 11 is 0. The second-order valence-corrected chi connectivity index (χ2v) is 6.95. The van der Waals surface area contributed by atoms with E-state index in [-0.39, 0.29) is 17.6 Å². The number of hydrogen-bond donors (Lipinski definition) is 0. The van der Waals surface area contributed by atoms with Gasteiger partial charge in [-0.3, -0.25) is 9.59 Å². The van der Waals surface area contributed by atoms with E-state index in [0.29, 0.717) is 24.4 Å². The van der Waals surface area contributed by atoms with Crippen LogP contribution in [0.2, 0.25) is 0 Å². The van der Waals surface area contributed by atoms with Gasteiger partial charge in [-0.15, -0.1) is 0 Å². The van der Waals surface area contributed by atoms with Gasteiger partial charge in [0, 0.05) is 57.1 Å². The number of benzene rings is 1. The molecule has 1 amide bonds. The predicted octanol–water partition coefficient (Wildman–Crippen LogP) is 2.05. The summed E-state index contributed by atoms with van der Waals surface area (Å²) in [6.45, 7) is 3.06. The Kier molecular flexibility index (Phi) is 5.02. The molecule has 3 rings (SSSR count). The lowest BCUT2D eigenvalue weighted by Crippen LogP contribution is -2.31. The molecule has 1 aliphatic rings. The quantitative estimate of drug-likeness (QED) is 0.842. The minimum absolute atomic E-state index is 0.0153. The average Bonchev–Trinajstić information content (AvgIpc) is 3.07. The molecule has 0 radical (unpaired) electrons. The molecule has 6 heteroatoms. The van der Waals surface area contributed by atoms with E-state index >= 15 is 0 Å². The first-order valence-electron chi connectivity index (χ1n) is 8.76. The Morgan fingerprint density at radius 2 is 1.88 bits per heavy atom. The van der Waals surface area contributed by atoms with E-state index in [1.54, 1.807) is 11.6 Å². The molecule has 0 N–H and O–H groups in total. The van der Waals surface area contributed by atoms with Crippen LogP contribution in [0.1, 0.15) is 22.5 Å². The van der Waals surface area contributed by atoms with Crippen molar-refractivity contribution in [3.63, 3.8) is 0 Å². The summed E-state index contributed by atoms with van der Waals surface area (Å²) in [5, 5.41) is 0. The molecule has 0 bridgehead atoms. The highest BCUT2D eigenvalue weighted by Crippen LogP contribution is 2.21. The molecule has 1 fully saturated rings. The van der Waals surface area contributed by atoms with Crippen molar-refractivity contribution >= 4 is 11.6 Å². The molecule has 2 heterocycles. The van der Waals surface area contributed by atoms with E-state index in [4.69, 9.17) is 4.74 Å². The summed E-state index contributed by atoms with van der Waals surface area (Å²) in [4.78, 5) is 28.4. The summed E-state index contributed by atoms with van der Waals surface area (Å²) in [7, 11) is 5.68. The van der Waals surface area contributed by atoms with Gasteiger partial charge in [0.2, 0.25) is 0 Å². The lowest BCUT2D eigenvalue weighted by Gasteiger charge is -2.18. The molecule has 1 unspecified atom stereocenters. The van der Waals surface area contributed by atoms with E-state index in [1.807, 2.05) is 61.2 Å². The summed E-state index contributed by atoms with van der Waals surface area (Å²) in [6.07, 6.45) is 0.669. The molecule has 1 aromatic carbocycles. The van der Waals surface area contributed by atoms with Crippen molar-refractivity contribution in [2.24, 2.45) is 7.05 Å². The largest absolute Gasteiger partial charge is 0.488 e. The SMILES string of the molecule is Cc1cc(OC2CCN(C(=O)c3ccc(N(C)C)cc3)C2)cc(=O)n1C. The van der Waals surface area contributed by atoms with Crippen molar-refractivity contribution < 1.29 is 9.53 Å². The number of aryl methyl sites for hydroxylation is 1. The lowest BCUT2D eigenvalue weighted by molar-refractivity contribution is 0.0772. The molecular weight excluding hydrogens is 330 g/mol. The molecule has 1 saturated heterocycles. The maximum atomic E-state index is 12.7. The van der Waals surface area contributed by atoms with Crippen LogP contribution in [0.3, 0.4) is 0 Å². The third-order valence-electron chi connectivity index (χ3n) is 4.84. The number of pyridine rings is 1. The zero-order valence-corrected chi connectivity index (χ0v) is 15.7. The van der Waals surface area contributed by atoms with Crippen LogP contribution < -0.4 is 15.2 Å². The van der Waals surface area contributed by atoms with Crippen LogP contribution in [0, 0.1) is 6.92 Å². The van der Waals surface area contributed by atoms with Crippen molar-refractivity contribution in [2.75, 3.05) is 32.1 Å². The van der Waals surface area contributed by atoms with Crippen LogP contribution in [0.4, 0.5) is 5.69 Å². The number of likely N-dealkylation sites (tertiary alicyclic amines) is 1. The second kappa shape index (κ2) is 7.23. The monoisotopic (exact) mass is 355 g/mol. The molecule has 26 heavy (non-hydrogen) atoms. The van der Waals surface area contributed by atoms with Crippen LogP contribution in [-0.2, 0) is 7.05 Å². The number of hydrogen-bond acceptors (Lipinski definition) is 4. The highest BCUT2D eigenvalue weighted by molar-refractivity contribution is 5.94. The smallest absolute Gasteiger partial charge is 0.254 e. The van der Waals surface area contributed by atoms with Crippen molar-refractivity contribution in [3.05, 3.63) is 58.0 Å². The zero-order valence-electron chi connectivity index (χ0n) is 15.7. The first-order chi connectivity index (χ1) is 12.3. The Hall–Kier alpha value is -2.76. The molecule has 1 aliphatic heterocycles. The normalized spacial score (nSPS) is 16.6. The van der Waals surface area contributed by atoms with E-state index in [0.717, 1.165) is 17.8 Å². The number of carbonyl (C=O) groups excluding carboxylic acids is 1. The summed E-state index contributed by atoms with van der Waals surface area (Å²) in [6, 6.07) is 11.0. The molecule has 138 valence electrons. The Morgan fingerprint density at radius 3 is 2.50 bits per heavy atom. The van der Waals surface area contributed by atoms with Crippen LogP contribution >= 0.6 is 0 Å². The summed E-state index contributed by atoms with van der Waals surface area (Å²) in [5.74, 6) is 0.585. The minimum atomic E-state index is -0.0912. The van der Waals surface area contributed by atoms with Crippen LogP contribution in [-0.4, -0.2) is 48.7 Å². The molecule has 0 aliphatic carbocycles. The predicted molar refractivity (Wildman–Crippen MR) is 102 cm³/mol. The maximum absolute atomic E-state index is 12.7. The van der Waals surface area contributed by atoms with E-state index in [9.17, 15) is 9.59 Å². The number of aromatic nitrogens is 1. The summed E-state index contributed by atoms with van der Waals surface area (Å²) < 4.78 is 7.52. The Bertz CT molecular complexity index is 856. The molecule has 1 atom stereocenters. The Labute approximate surface area is 153 Å². The fourth-order valence-electron chi connectivity index (χ4n) is 3.09. The zero-order chi connectivity index (χ0) is 18.8. The van der Waals surface area contributed by atoms with Crippen LogP contribution in [0.5, 0.6) is 5.75 Å². The van der Waals surface area contributed by atoms with Gasteiger partial charge in [0.05, 0.1) is 6.54 Å². The van der Waals surface area contributed by atoms with Crippen LogP contribution in [0.15, 0.2) is 41.2 Å². The van der Waals surface area contributed by atoms with Gasteiger partial charge >= 0.3 is 0 Å². The third-order valence-corrected chi connectivity index (χ3v) is 4.84. The van der Waals surface area contributed by atoms with Gasteiger partial charge in [0.15, 0.2) is 0 Å². The fraction of sp³-hybridized carbons (Fsp3) is 0.400. The molecular formula is C20H25N3O3. The maximum Gasteiger partial charge on any atom is 0.254 e. The topological polar surface area (TPSA) is 54.8 Å². The fourth-order valence-corrected chi connectivity index (χ4v) is 3.09. The highest BCUT2D eigenvalue weighted by atomic mass is 16.5. The first-order valence-corrected chi connectivity index (χ1v) is 8.76. The van der Waals surface area contributed by atoms with Gasteiger partial charge < -0.3 is 19.1 Å². The van der Waals surface area contributed by atoms with Gasteiger partial charge in [-0.05, 0) is 37.3 Å². The number of anilines is 1. The molecule has 0 spiro atoms. The molecule has 6 nitrogen and oxygen atoms in total. The average molecular weight is 355 g/mol. The number of ether oxygens (including phenoxy) is 1.